The molecule has 5 heteroatoms. The van der Waals surface area contributed by atoms with E-state index < -0.39 is 5.97 Å². The van der Waals surface area contributed by atoms with Crippen LogP contribution in [0.15, 0.2) is 48.5 Å². The number of carbonyl (C=O) groups is 2. The third kappa shape index (κ3) is 6.59. The molecule has 0 aromatic heterocycles. The molecule has 0 saturated heterocycles. The van der Waals surface area contributed by atoms with Gasteiger partial charge in [-0.15, -0.1) is 0 Å². The number of carboxylic acids is 1. The van der Waals surface area contributed by atoms with Crippen molar-refractivity contribution in [3.8, 4) is 5.75 Å². The molecule has 2 rings (SSSR count). The second-order valence-corrected chi connectivity index (χ2v) is 6.50. The molecule has 2 N–H and O–H groups in total. The SMILES string of the molecule is CC(C)c1ccc(CCC(=O)NCc2cccc(OCC(=O)O)c2)cc1. The number of aliphatic carboxylic acids is 1. The molecular weight excluding hydrogens is 330 g/mol. The Morgan fingerprint density at radius 2 is 1.81 bits per heavy atom. The highest BCUT2D eigenvalue weighted by Gasteiger charge is 2.05. The van der Waals surface area contributed by atoms with Gasteiger partial charge in [-0.2, -0.15) is 0 Å². The van der Waals surface area contributed by atoms with Crippen LogP contribution < -0.4 is 10.1 Å². The van der Waals surface area contributed by atoms with E-state index in [0.29, 0.717) is 31.1 Å². The topological polar surface area (TPSA) is 75.6 Å². The number of hydrogen-bond donors (Lipinski definition) is 2. The summed E-state index contributed by atoms with van der Waals surface area (Å²) < 4.78 is 5.13. The van der Waals surface area contributed by atoms with Crippen LogP contribution in [0.5, 0.6) is 5.75 Å². The van der Waals surface area contributed by atoms with Crippen molar-refractivity contribution >= 4 is 11.9 Å². The maximum atomic E-state index is 12.0. The number of ether oxygens (including phenoxy) is 1. The highest BCUT2D eigenvalue weighted by atomic mass is 16.5. The smallest absolute Gasteiger partial charge is 0.341 e. The number of carbonyl (C=O) groups excluding carboxylic acids is 1. The van der Waals surface area contributed by atoms with Gasteiger partial charge in [0.25, 0.3) is 0 Å². The molecular formula is C21H25NO4. The van der Waals surface area contributed by atoms with E-state index in [0.717, 1.165) is 11.1 Å². The van der Waals surface area contributed by atoms with Crippen LogP contribution in [-0.4, -0.2) is 23.6 Å². The molecule has 5 nitrogen and oxygen atoms in total. The quantitative estimate of drug-likeness (QED) is 0.722. The molecule has 0 aliphatic heterocycles. The number of hydrogen-bond acceptors (Lipinski definition) is 3. The van der Waals surface area contributed by atoms with Crippen LogP contribution in [0.1, 0.15) is 42.9 Å². The van der Waals surface area contributed by atoms with Crippen molar-refractivity contribution in [1.82, 2.24) is 5.32 Å². The predicted octanol–water partition coefficient (Wildman–Crippen LogP) is 3.52. The lowest BCUT2D eigenvalue weighted by Crippen LogP contribution is -2.23. The first-order valence-corrected chi connectivity index (χ1v) is 8.73. The van der Waals surface area contributed by atoms with Gasteiger partial charge in [0.2, 0.25) is 5.91 Å². The summed E-state index contributed by atoms with van der Waals surface area (Å²) in [7, 11) is 0. The van der Waals surface area contributed by atoms with Gasteiger partial charge in [-0.25, -0.2) is 4.79 Å². The van der Waals surface area contributed by atoms with Gasteiger partial charge in [0.15, 0.2) is 6.61 Å². The molecule has 0 atom stereocenters. The van der Waals surface area contributed by atoms with Crippen LogP contribution in [0.3, 0.4) is 0 Å². The first-order chi connectivity index (χ1) is 12.4. The van der Waals surface area contributed by atoms with E-state index in [1.54, 1.807) is 18.2 Å². The van der Waals surface area contributed by atoms with E-state index in [9.17, 15) is 9.59 Å². The average molecular weight is 355 g/mol. The molecule has 0 saturated carbocycles. The van der Waals surface area contributed by atoms with E-state index in [4.69, 9.17) is 9.84 Å². The lowest BCUT2D eigenvalue weighted by molar-refractivity contribution is -0.139. The van der Waals surface area contributed by atoms with Gasteiger partial charge in [-0.1, -0.05) is 50.2 Å². The second-order valence-electron chi connectivity index (χ2n) is 6.50. The number of aryl methyl sites for hydroxylation is 1. The number of benzene rings is 2. The van der Waals surface area contributed by atoms with Crippen molar-refractivity contribution in [2.75, 3.05) is 6.61 Å². The molecule has 1 amide bonds. The molecule has 0 fully saturated rings. The molecule has 0 radical (unpaired) electrons. The van der Waals surface area contributed by atoms with Crippen LogP contribution >= 0.6 is 0 Å². The minimum absolute atomic E-state index is 0.0187. The van der Waals surface area contributed by atoms with Crippen LogP contribution in [-0.2, 0) is 22.6 Å². The summed E-state index contributed by atoms with van der Waals surface area (Å²) in [5.41, 5.74) is 3.30. The van der Waals surface area contributed by atoms with Crippen molar-refractivity contribution in [3.05, 3.63) is 65.2 Å². The van der Waals surface area contributed by atoms with Crippen LogP contribution in [0.25, 0.3) is 0 Å². The number of rotatable bonds is 9. The summed E-state index contributed by atoms with van der Waals surface area (Å²) in [6.07, 6.45) is 1.13. The van der Waals surface area contributed by atoms with Gasteiger partial charge >= 0.3 is 5.97 Å². The number of nitrogens with one attached hydrogen (secondary N) is 1. The van der Waals surface area contributed by atoms with Gasteiger partial charge in [-0.3, -0.25) is 4.79 Å². The fourth-order valence-corrected chi connectivity index (χ4v) is 2.51. The Kier molecular flexibility index (Phi) is 7.21. The van der Waals surface area contributed by atoms with Gasteiger partial charge in [0.1, 0.15) is 5.75 Å². The Bertz CT molecular complexity index is 738. The molecule has 0 aliphatic carbocycles. The maximum absolute atomic E-state index is 12.0. The third-order valence-electron chi connectivity index (χ3n) is 4.04. The monoisotopic (exact) mass is 355 g/mol. The highest BCUT2D eigenvalue weighted by molar-refractivity contribution is 5.76. The van der Waals surface area contributed by atoms with Crippen molar-refractivity contribution in [3.63, 3.8) is 0 Å². The summed E-state index contributed by atoms with van der Waals surface area (Å²) in [4.78, 5) is 22.6. The Balaban J connectivity index is 1.77. The van der Waals surface area contributed by atoms with Gasteiger partial charge in [0.05, 0.1) is 0 Å². The van der Waals surface area contributed by atoms with Crippen LogP contribution in [0.2, 0.25) is 0 Å². The molecule has 0 aliphatic rings. The summed E-state index contributed by atoms with van der Waals surface area (Å²) >= 11 is 0. The fraction of sp³-hybridized carbons (Fsp3) is 0.333. The average Bonchev–Trinajstić information content (AvgIpc) is 2.63. The van der Waals surface area contributed by atoms with E-state index in [1.807, 2.05) is 6.07 Å². The van der Waals surface area contributed by atoms with E-state index in [2.05, 4.69) is 43.4 Å². The maximum Gasteiger partial charge on any atom is 0.341 e. The summed E-state index contributed by atoms with van der Waals surface area (Å²) in [6.45, 7) is 4.31. The zero-order valence-corrected chi connectivity index (χ0v) is 15.2. The van der Waals surface area contributed by atoms with E-state index >= 15 is 0 Å². The van der Waals surface area contributed by atoms with Crippen LogP contribution in [0, 0.1) is 0 Å². The predicted molar refractivity (Wildman–Crippen MR) is 100 cm³/mol. The molecule has 0 heterocycles. The molecule has 0 unspecified atom stereocenters. The van der Waals surface area contributed by atoms with Gasteiger partial charge in [0, 0.05) is 13.0 Å². The van der Waals surface area contributed by atoms with Crippen molar-refractivity contribution in [1.29, 1.82) is 0 Å². The molecule has 0 spiro atoms. The van der Waals surface area contributed by atoms with Crippen molar-refractivity contribution in [2.24, 2.45) is 0 Å². The minimum atomic E-state index is -1.02. The molecule has 2 aromatic carbocycles. The molecule has 0 bridgehead atoms. The second kappa shape index (κ2) is 9.61. The van der Waals surface area contributed by atoms with E-state index in [1.165, 1.54) is 5.56 Å². The first kappa shape index (κ1) is 19.5. The summed E-state index contributed by atoms with van der Waals surface area (Å²) in [5, 5.41) is 11.5. The minimum Gasteiger partial charge on any atom is -0.482 e. The standard InChI is InChI=1S/C21H25NO4/c1-15(2)18-9-6-16(7-10-18)8-11-20(23)22-13-17-4-3-5-19(12-17)26-14-21(24)25/h3-7,9-10,12,15H,8,11,13-14H2,1-2H3,(H,22,23)(H,24,25). The van der Waals surface area contributed by atoms with Crippen LogP contribution in [0.4, 0.5) is 0 Å². The Morgan fingerprint density at radius 1 is 1.08 bits per heavy atom. The highest BCUT2D eigenvalue weighted by Crippen LogP contribution is 2.16. The molecule has 2 aromatic rings. The van der Waals surface area contributed by atoms with Gasteiger partial charge < -0.3 is 15.2 Å². The summed E-state index contributed by atoms with van der Waals surface area (Å²) in [6, 6.07) is 15.4. The summed E-state index contributed by atoms with van der Waals surface area (Å²) in [5.74, 6) is -0.0630. The van der Waals surface area contributed by atoms with Crippen molar-refractivity contribution < 1.29 is 19.4 Å². The third-order valence-corrected chi connectivity index (χ3v) is 4.04. The Hall–Kier alpha value is -2.82. The molecule has 26 heavy (non-hydrogen) atoms. The lowest BCUT2D eigenvalue weighted by atomic mass is 10.0. The normalized spacial score (nSPS) is 10.6. The fourth-order valence-electron chi connectivity index (χ4n) is 2.51. The number of amides is 1. The zero-order valence-electron chi connectivity index (χ0n) is 15.2. The molecule has 138 valence electrons. The number of carboxylic acid groups (broad SMARTS) is 1. The van der Waals surface area contributed by atoms with Gasteiger partial charge in [-0.05, 0) is 41.2 Å². The Labute approximate surface area is 154 Å². The van der Waals surface area contributed by atoms with E-state index in [-0.39, 0.29) is 12.5 Å². The Morgan fingerprint density at radius 3 is 2.46 bits per heavy atom. The first-order valence-electron chi connectivity index (χ1n) is 8.73. The lowest BCUT2D eigenvalue weighted by Gasteiger charge is -2.09. The largest absolute Gasteiger partial charge is 0.482 e. The van der Waals surface area contributed by atoms with Crippen molar-refractivity contribution in [2.45, 2.75) is 39.2 Å². The zero-order chi connectivity index (χ0) is 18.9.